The molecule has 0 radical (unpaired) electrons. The number of hydrogen-bond acceptors (Lipinski definition) is 2. The summed E-state index contributed by atoms with van der Waals surface area (Å²) in [6.45, 7) is 8.20. The van der Waals surface area contributed by atoms with Gasteiger partial charge in [0.15, 0.2) is 5.96 Å². The van der Waals surface area contributed by atoms with Gasteiger partial charge in [0.1, 0.15) is 0 Å². The molecule has 0 amide bonds. The topological polar surface area (TPSA) is 45.6 Å². The van der Waals surface area contributed by atoms with Crippen LogP contribution >= 0.6 is 24.0 Å². The lowest BCUT2D eigenvalue weighted by atomic mass is 9.96. The number of ether oxygens (including phenoxy) is 1. The summed E-state index contributed by atoms with van der Waals surface area (Å²) < 4.78 is 5.77. The third-order valence-electron chi connectivity index (χ3n) is 4.02. The first-order chi connectivity index (χ1) is 9.67. The Morgan fingerprint density at radius 2 is 1.90 bits per heavy atom. The summed E-state index contributed by atoms with van der Waals surface area (Å²) >= 11 is 0. The van der Waals surface area contributed by atoms with Crippen LogP contribution in [0, 0.1) is 5.92 Å². The summed E-state index contributed by atoms with van der Waals surface area (Å²) in [7, 11) is 1.85. The molecule has 0 spiro atoms. The Bertz CT molecular complexity index is 279. The van der Waals surface area contributed by atoms with Gasteiger partial charge in [-0.15, -0.1) is 24.0 Å². The van der Waals surface area contributed by atoms with Gasteiger partial charge in [-0.25, -0.2) is 0 Å². The second-order valence-corrected chi connectivity index (χ2v) is 6.00. The van der Waals surface area contributed by atoms with Gasteiger partial charge in [0.25, 0.3) is 0 Å². The van der Waals surface area contributed by atoms with Crippen molar-refractivity contribution in [2.45, 2.75) is 71.4 Å². The summed E-state index contributed by atoms with van der Waals surface area (Å²) in [5.74, 6) is 1.50. The zero-order valence-corrected chi connectivity index (χ0v) is 16.5. The molecule has 1 fully saturated rings. The second kappa shape index (κ2) is 12.5. The van der Waals surface area contributed by atoms with E-state index in [1.165, 1.54) is 32.1 Å². The maximum Gasteiger partial charge on any atom is 0.191 e. The standard InChI is InChI=1S/C16H33N3O.HI/c1-5-20-15(13(2)3)11-12-18-16(17-4)19-14-9-7-6-8-10-14;/h13-15H,5-12H2,1-4H3,(H2,17,18,19);1H. The Balaban J connectivity index is 0.00000400. The Morgan fingerprint density at radius 1 is 1.24 bits per heavy atom. The molecule has 126 valence electrons. The van der Waals surface area contributed by atoms with Crippen molar-refractivity contribution in [1.82, 2.24) is 10.6 Å². The number of hydrogen-bond donors (Lipinski definition) is 2. The highest BCUT2D eigenvalue weighted by molar-refractivity contribution is 14.0. The van der Waals surface area contributed by atoms with E-state index in [0.29, 0.717) is 18.1 Å². The van der Waals surface area contributed by atoms with Crippen molar-refractivity contribution in [2.24, 2.45) is 10.9 Å². The van der Waals surface area contributed by atoms with Crippen molar-refractivity contribution in [3.05, 3.63) is 0 Å². The fourth-order valence-electron chi connectivity index (χ4n) is 2.79. The largest absolute Gasteiger partial charge is 0.378 e. The highest BCUT2D eigenvalue weighted by Crippen LogP contribution is 2.17. The number of aliphatic imine (C=N–C) groups is 1. The number of halogens is 1. The number of guanidine groups is 1. The van der Waals surface area contributed by atoms with E-state index < -0.39 is 0 Å². The first-order valence-electron chi connectivity index (χ1n) is 8.26. The monoisotopic (exact) mass is 411 g/mol. The average molecular weight is 411 g/mol. The molecule has 1 atom stereocenters. The highest BCUT2D eigenvalue weighted by atomic mass is 127. The fourth-order valence-corrected chi connectivity index (χ4v) is 2.79. The number of nitrogens with one attached hydrogen (secondary N) is 2. The van der Waals surface area contributed by atoms with Gasteiger partial charge < -0.3 is 15.4 Å². The predicted octanol–water partition coefficient (Wildman–Crippen LogP) is 3.55. The molecule has 0 aromatic rings. The van der Waals surface area contributed by atoms with Gasteiger partial charge in [0, 0.05) is 26.2 Å². The van der Waals surface area contributed by atoms with Crippen molar-refractivity contribution in [3.63, 3.8) is 0 Å². The molecule has 21 heavy (non-hydrogen) atoms. The number of nitrogens with zero attached hydrogens (tertiary/aromatic N) is 1. The van der Waals surface area contributed by atoms with Crippen LogP contribution < -0.4 is 10.6 Å². The molecule has 0 heterocycles. The molecule has 0 bridgehead atoms. The highest BCUT2D eigenvalue weighted by Gasteiger charge is 2.15. The summed E-state index contributed by atoms with van der Waals surface area (Å²) in [5, 5.41) is 6.96. The minimum atomic E-state index is 0. The molecule has 4 nitrogen and oxygen atoms in total. The Kier molecular flexibility index (Phi) is 12.5. The van der Waals surface area contributed by atoms with E-state index in [1.807, 2.05) is 7.05 Å². The lowest BCUT2D eigenvalue weighted by molar-refractivity contribution is 0.0258. The Hall–Kier alpha value is -0.0400. The molecule has 1 aliphatic rings. The van der Waals surface area contributed by atoms with Crippen LogP contribution in [0.3, 0.4) is 0 Å². The molecule has 0 aromatic heterocycles. The Morgan fingerprint density at radius 3 is 2.43 bits per heavy atom. The third-order valence-corrected chi connectivity index (χ3v) is 4.02. The first-order valence-corrected chi connectivity index (χ1v) is 8.26. The molecule has 0 aromatic carbocycles. The second-order valence-electron chi connectivity index (χ2n) is 6.00. The van der Waals surface area contributed by atoms with Crippen LogP contribution in [0.1, 0.15) is 59.3 Å². The fraction of sp³-hybridized carbons (Fsp3) is 0.938. The smallest absolute Gasteiger partial charge is 0.191 e. The zero-order valence-electron chi connectivity index (χ0n) is 14.2. The molecule has 5 heteroatoms. The van der Waals surface area contributed by atoms with Crippen LogP contribution in [0.25, 0.3) is 0 Å². The van der Waals surface area contributed by atoms with Gasteiger partial charge in [-0.1, -0.05) is 33.1 Å². The normalized spacial score (nSPS) is 18.2. The molecule has 1 saturated carbocycles. The molecule has 1 unspecified atom stereocenters. The predicted molar refractivity (Wildman–Crippen MR) is 102 cm³/mol. The van der Waals surface area contributed by atoms with Crippen molar-refractivity contribution < 1.29 is 4.74 Å². The maximum atomic E-state index is 5.77. The van der Waals surface area contributed by atoms with Crippen LogP contribution in [0.15, 0.2) is 4.99 Å². The van der Waals surface area contributed by atoms with E-state index in [2.05, 4.69) is 36.4 Å². The van der Waals surface area contributed by atoms with Crippen molar-refractivity contribution in [2.75, 3.05) is 20.2 Å². The van der Waals surface area contributed by atoms with Gasteiger partial charge in [-0.3, -0.25) is 4.99 Å². The third kappa shape index (κ3) is 8.86. The van der Waals surface area contributed by atoms with E-state index in [-0.39, 0.29) is 24.0 Å². The van der Waals surface area contributed by atoms with Crippen LogP contribution in [0.2, 0.25) is 0 Å². The lowest BCUT2D eigenvalue weighted by Gasteiger charge is -2.26. The van der Waals surface area contributed by atoms with Gasteiger partial charge in [-0.2, -0.15) is 0 Å². The van der Waals surface area contributed by atoms with Crippen LogP contribution in [-0.2, 0) is 4.74 Å². The van der Waals surface area contributed by atoms with Gasteiger partial charge >= 0.3 is 0 Å². The van der Waals surface area contributed by atoms with Gasteiger partial charge in [0.05, 0.1) is 6.10 Å². The maximum absolute atomic E-state index is 5.77. The molecular weight excluding hydrogens is 377 g/mol. The first kappa shape index (κ1) is 21.0. The van der Waals surface area contributed by atoms with E-state index in [9.17, 15) is 0 Å². The van der Waals surface area contributed by atoms with Gasteiger partial charge in [0.2, 0.25) is 0 Å². The van der Waals surface area contributed by atoms with Crippen LogP contribution in [-0.4, -0.2) is 38.3 Å². The molecular formula is C16H34IN3O. The van der Waals surface area contributed by atoms with Crippen LogP contribution in [0.5, 0.6) is 0 Å². The van der Waals surface area contributed by atoms with Crippen molar-refractivity contribution >= 4 is 29.9 Å². The van der Waals surface area contributed by atoms with E-state index in [4.69, 9.17) is 4.74 Å². The number of rotatable bonds is 7. The molecule has 1 aliphatic carbocycles. The van der Waals surface area contributed by atoms with Crippen LogP contribution in [0.4, 0.5) is 0 Å². The zero-order chi connectivity index (χ0) is 14.8. The van der Waals surface area contributed by atoms with Crippen molar-refractivity contribution in [3.8, 4) is 0 Å². The summed E-state index contributed by atoms with van der Waals surface area (Å²) in [6, 6.07) is 0.600. The lowest BCUT2D eigenvalue weighted by Crippen LogP contribution is -2.45. The van der Waals surface area contributed by atoms with Crippen molar-refractivity contribution in [1.29, 1.82) is 0 Å². The minimum Gasteiger partial charge on any atom is -0.378 e. The average Bonchev–Trinajstić information content (AvgIpc) is 2.46. The molecule has 2 N–H and O–H groups in total. The van der Waals surface area contributed by atoms with E-state index >= 15 is 0 Å². The summed E-state index contributed by atoms with van der Waals surface area (Å²) in [5.41, 5.74) is 0. The summed E-state index contributed by atoms with van der Waals surface area (Å²) in [6.07, 6.45) is 7.97. The van der Waals surface area contributed by atoms with E-state index in [0.717, 1.165) is 25.5 Å². The molecule has 0 aliphatic heterocycles. The quantitative estimate of drug-likeness (QED) is 0.383. The van der Waals surface area contributed by atoms with E-state index in [1.54, 1.807) is 0 Å². The summed E-state index contributed by atoms with van der Waals surface area (Å²) in [4.78, 5) is 4.32. The minimum absolute atomic E-state index is 0. The van der Waals surface area contributed by atoms with Gasteiger partial charge in [-0.05, 0) is 32.1 Å². The molecule has 0 saturated heterocycles. The SMILES string of the molecule is CCOC(CCNC(=NC)NC1CCCCC1)C(C)C.I. The Labute approximate surface area is 147 Å². The molecule has 1 rings (SSSR count).